The number of nitrogens with zero attached hydrogens (tertiary/aromatic N) is 2. The summed E-state index contributed by atoms with van der Waals surface area (Å²) in [5.74, 6) is -0.257. The molecule has 1 N–H and O–H groups in total. The van der Waals surface area contributed by atoms with Gasteiger partial charge in [-0.05, 0) is 24.4 Å². The van der Waals surface area contributed by atoms with Crippen molar-refractivity contribution in [2.45, 2.75) is 50.5 Å². The van der Waals surface area contributed by atoms with Crippen molar-refractivity contribution in [3.8, 4) is 0 Å². The Kier molecular flexibility index (Phi) is 3.88. The maximum absolute atomic E-state index is 6.09. The summed E-state index contributed by atoms with van der Waals surface area (Å²) in [6.45, 7) is 2.28. The van der Waals surface area contributed by atoms with E-state index in [1.54, 1.807) is 0 Å². The van der Waals surface area contributed by atoms with Crippen LogP contribution in [-0.4, -0.2) is 34.6 Å². The SMILES string of the molecule is c1snnc1CNCC1COC2(CCCCC2)O1. The normalized spacial score (nSPS) is 26.8. The molecule has 0 radical (unpaired) electrons. The van der Waals surface area contributed by atoms with Crippen molar-refractivity contribution in [2.75, 3.05) is 13.2 Å². The summed E-state index contributed by atoms with van der Waals surface area (Å²) in [5.41, 5.74) is 0.992. The summed E-state index contributed by atoms with van der Waals surface area (Å²) in [6.07, 6.45) is 6.05. The Morgan fingerprint density at radius 1 is 1.39 bits per heavy atom. The van der Waals surface area contributed by atoms with Gasteiger partial charge in [0, 0.05) is 31.3 Å². The van der Waals surface area contributed by atoms with E-state index in [0.717, 1.165) is 31.6 Å². The summed E-state index contributed by atoms with van der Waals surface area (Å²) in [5, 5.41) is 9.31. The fourth-order valence-corrected chi connectivity index (χ4v) is 3.14. The largest absolute Gasteiger partial charge is 0.347 e. The first-order valence-electron chi connectivity index (χ1n) is 6.65. The molecule has 1 spiro atoms. The second kappa shape index (κ2) is 5.61. The van der Waals surface area contributed by atoms with Crippen LogP contribution in [0.5, 0.6) is 0 Å². The van der Waals surface area contributed by atoms with Crippen LogP contribution in [0.3, 0.4) is 0 Å². The molecule has 1 aliphatic heterocycles. The predicted octanol–water partition coefficient (Wildman–Crippen LogP) is 1.70. The van der Waals surface area contributed by atoms with E-state index in [9.17, 15) is 0 Å². The van der Waals surface area contributed by atoms with E-state index in [0.29, 0.717) is 6.61 Å². The quantitative estimate of drug-likeness (QED) is 0.901. The van der Waals surface area contributed by atoms with Gasteiger partial charge in [0.25, 0.3) is 0 Å². The summed E-state index contributed by atoms with van der Waals surface area (Å²) in [4.78, 5) is 0. The third-order valence-corrected chi connectivity index (χ3v) is 4.17. The third-order valence-electron chi connectivity index (χ3n) is 3.61. The van der Waals surface area contributed by atoms with Gasteiger partial charge >= 0.3 is 0 Å². The summed E-state index contributed by atoms with van der Waals surface area (Å²) in [7, 11) is 0. The lowest BCUT2D eigenvalue weighted by Gasteiger charge is -2.31. The van der Waals surface area contributed by atoms with Crippen molar-refractivity contribution in [1.82, 2.24) is 14.9 Å². The zero-order valence-corrected chi connectivity index (χ0v) is 11.2. The average Bonchev–Trinajstić information content (AvgIpc) is 3.02. The van der Waals surface area contributed by atoms with E-state index in [-0.39, 0.29) is 11.9 Å². The van der Waals surface area contributed by atoms with Gasteiger partial charge in [-0.1, -0.05) is 10.9 Å². The molecule has 2 aliphatic rings. The van der Waals surface area contributed by atoms with Gasteiger partial charge in [0.05, 0.1) is 18.4 Å². The highest BCUT2D eigenvalue weighted by atomic mass is 32.1. The van der Waals surface area contributed by atoms with Gasteiger partial charge < -0.3 is 14.8 Å². The van der Waals surface area contributed by atoms with Crippen LogP contribution in [0.15, 0.2) is 5.38 Å². The number of hydrogen-bond acceptors (Lipinski definition) is 6. The summed E-state index contributed by atoms with van der Waals surface area (Å²) in [6, 6.07) is 0. The molecule has 3 rings (SSSR count). The number of ether oxygens (including phenoxy) is 2. The van der Waals surface area contributed by atoms with Gasteiger partial charge in [0.1, 0.15) is 0 Å². The zero-order chi connectivity index (χ0) is 12.3. The fourth-order valence-electron chi connectivity index (χ4n) is 2.69. The van der Waals surface area contributed by atoms with Crippen LogP contribution in [0.1, 0.15) is 37.8 Å². The van der Waals surface area contributed by atoms with Gasteiger partial charge in [0.2, 0.25) is 0 Å². The molecular formula is C12H19N3O2S. The van der Waals surface area contributed by atoms with Crippen LogP contribution in [0, 0.1) is 0 Å². The van der Waals surface area contributed by atoms with Crippen molar-refractivity contribution in [1.29, 1.82) is 0 Å². The molecule has 5 nitrogen and oxygen atoms in total. The van der Waals surface area contributed by atoms with E-state index in [1.165, 1.54) is 30.8 Å². The molecule has 6 heteroatoms. The molecule has 1 aliphatic carbocycles. The molecule has 1 atom stereocenters. The Morgan fingerprint density at radius 3 is 3.06 bits per heavy atom. The standard InChI is InChI=1S/C12H19N3O2S/c1-2-4-12(5-3-1)16-8-11(17-12)7-13-6-10-9-18-15-14-10/h9,11,13H,1-8H2. The smallest absolute Gasteiger partial charge is 0.168 e. The first kappa shape index (κ1) is 12.5. The lowest BCUT2D eigenvalue weighted by Crippen LogP contribution is -2.35. The Morgan fingerprint density at radius 2 is 2.28 bits per heavy atom. The van der Waals surface area contributed by atoms with Crippen molar-refractivity contribution in [2.24, 2.45) is 0 Å². The molecule has 0 aromatic carbocycles. The molecule has 0 amide bonds. The molecular weight excluding hydrogens is 250 g/mol. The molecule has 100 valence electrons. The number of hydrogen-bond donors (Lipinski definition) is 1. The first-order valence-corrected chi connectivity index (χ1v) is 7.48. The Balaban J connectivity index is 1.42. The van der Waals surface area contributed by atoms with Gasteiger partial charge in [-0.2, -0.15) is 0 Å². The van der Waals surface area contributed by atoms with E-state index in [1.807, 2.05) is 5.38 Å². The predicted molar refractivity (Wildman–Crippen MR) is 68.3 cm³/mol. The van der Waals surface area contributed by atoms with Crippen molar-refractivity contribution in [3.63, 3.8) is 0 Å². The van der Waals surface area contributed by atoms with Crippen molar-refractivity contribution >= 4 is 11.5 Å². The Labute approximate surface area is 111 Å². The van der Waals surface area contributed by atoms with E-state index < -0.39 is 0 Å². The van der Waals surface area contributed by atoms with Gasteiger partial charge in [-0.3, -0.25) is 0 Å². The van der Waals surface area contributed by atoms with Crippen LogP contribution < -0.4 is 5.32 Å². The van der Waals surface area contributed by atoms with Crippen LogP contribution in [0.4, 0.5) is 0 Å². The van der Waals surface area contributed by atoms with Gasteiger partial charge in [-0.15, -0.1) is 5.10 Å². The molecule has 2 fully saturated rings. The molecule has 1 saturated carbocycles. The van der Waals surface area contributed by atoms with Crippen LogP contribution >= 0.6 is 11.5 Å². The monoisotopic (exact) mass is 269 g/mol. The molecule has 0 bridgehead atoms. The third kappa shape index (κ3) is 2.88. The number of rotatable bonds is 4. The van der Waals surface area contributed by atoms with Crippen LogP contribution in [-0.2, 0) is 16.0 Å². The molecule has 18 heavy (non-hydrogen) atoms. The molecule has 1 unspecified atom stereocenters. The zero-order valence-electron chi connectivity index (χ0n) is 10.4. The molecule has 1 aromatic rings. The minimum absolute atomic E-state index is 0.176. The van der Waals surface area contributed by atoms with Gasteiger partial charge in [0.15, 0.2) is 5.79 Å². The highest BCUT2D eigenvalue weighted by molar-refractivity contribution is 7.03. The number of nitrogens with one attached hydrogen (secondary N) is 1. The van der Waals surface area contributed by atoms with Gasteiger partial charge in [-0.25, -0.2) is 0 Å². The maximum Gasteiger partial charge on any atom is 0.168 e. The van der Waals surface area contributed by atoms with Crippen LogP contribution in [0.2, 0.25) is 0 Å². The highest BCUT2D eigenvalue weighted by Crippen LogP contribution is 2.37. The van der Waals surface area contributed by atoms with E-state index >= 15 is 0 Å². The Hall–Kier alpha value is -0.560. The summed E-state index contributed by atoms with van der Waals surface area (Å²) >= 11 is 1.38. The highest BCUT2D eigenvalue weighted by Gasteiger charge is 2.41. The number of aromatic nitrogens is 2. The average molecular weight is 269 g/mol. The van der Waals surface area contributed by atoms with Crippen molar-refractivity contribution < 1.29 is 9.47 Å². The second-order valence-corrected chi connectivity index (χ2v) is 5.66. The minimum atomic E-state index is -0.257. The van der Waals surface area contributed by atoms with E-state index in [4.69, 9.17) is 9.47 Å². The van der Waals surface area contributed by atoms with Crippen molar-refractivity contribution in [3.05, 3.63) is 11.1 Å². The summed E-state index contributed by atoms with van der Waals surface area (Å²) < 4.78 is 15.8. The fraction of sp³-hybridized carbons (Fsp3) is 0.833. The topological polar surface area (TPSA) is 56.3 Å². The minimum Gasteiger partial charge on any atom is -0.347 e. The van der Waals surface area contributed by atoms with E-state index in [2.05, 4.69) is 14.9 Å². The first-order chi connectivity index (χ1) is 8.86. The lowest BCUT2D eigenvalue weighted by atomic mass is 9.94. The van der Waals surface area contributed by atoms with Crippen LogP contribution in [0.25, 0.3) is 0 Å². The molecule has 1 aromatic heterocycles. The Bertz CT molecular complexity index is 365. The molecule has 2 heterocycles. The molecule has 1 saturated heterocycles. The second-order valence-electron chi connectivity index (χ2n) is 5.05. The maximum atomic E-state index is 6.09. The lowest BCUT2D eigenvalue weighted by molar-refractivity contribution is -0.186.